The van der Waals surface area contributed by atoms with Crippen LogP contribution in [0.3, 0.4) is 0 Å². The molecule has 3 aromatic heterocycles. The average Bonchev–Trinajstić information content (AvgIpc) is 2.94. The molecule has 2 fully saturated rings. The number of amides is 1. The van der Waals surface area contributed by atoms with Crippen LogP contribution in [0.15, 0.2) is 48.9 Å². The topological polar surface area (TPSA) is 102 Å². The summed E-state index contributed by atoms with van der Waals surface area (Å²) in [4.78, 5) is 28.8. The Morgan fingerprint density at radius 3 is 2.41 bits per heavy atom. The molecule has 3 aromatic rings. The molecule has 2 aliphatic rings. The standard InChI is InChI=1S/C29H39N9O/c1-29(2,3)21-7-9-25(30-17-21)28(39)33-22-6-5-11-38(20-22)24-16-27(35-32-19-24)34-26-10-8-23(18-31-26)37-14-12-36(4)13-15-37/h7-10,16-19,22H,5-6,11-15,20H2,1-4H3,(H,33,39)(H,31,34,35)/t22-/m0/s1. The third-order valence-electron chi connectivity index (χ3n) is 7.50. The Balaban J connectivity index is 1.18. The summed E-state index contributed by atoms with van der Waals surface area (Å²) in [5.41, 5.74) is 3.66. The third kappa shape index (κ3) is 6.81. The Labute approximate surface area is 230 Å². The smallest absolute Gasteiger partial charge is 0.270 e. The molecule has 0 unspecified atom stereocenters. The number of nitrogens with one attached hydrogen (secondary N) is 2. The predicted molar refractivity (Wildman–Crippen MR) is 155 cm³/mol. The number of hydrogen-bond acceptors (Lipinski definition) is 9. The fourth-order valence-electron chi connectivity index (χ4n) is 4.99. The van der Waals surface area contributed by atoms with Gasteiger partial charge in [-0.15, -0.1) is 5.10 Å². The van der Waals surface area contributed by atoms with E-state index in [0.29, 0.717) is 18.1 Å². The maximum Gasteiger partial charge on any atom is 0.270 e. The highest BCUT2D eigenvalue weighted by molar-refractivity contribution is 5.92. The van der Waals surface area contributed by atoms with Crippen LogP contribution in [0, 0.1) is 0 Å². The molecule has 0 saturated carbocycles. The van der Waals surface area contributed by atoms with Gasteiger partial charge in [-0.05, 0) is 49.1 Å². The SMILES string of the molecule is CN1CCN(c2ccc(Nc3cc(N4CCC[C@H](NC(=O)c5ccc(C(C)(C)C)cn5)C4)cnn3)nc2)CC1. The lowest BCUT2D eigenvalue weighted by molar-refractivity contribution is 0.0928. The van der Waals surface area contributed by atoms with Gasteiger partial charge in [0.1, 0.15) is 11.5 Å². The van der Waals surface area contributed by atoms with Crippen LogP contribution < -0.4 is 20.4 Å². The monoisotopic (exact) mass is 529 g/mol. The van der Waals surface area contributed by atoms with Crippen LogP contribution in [0.1, 0.15) is 49.7 Å². The molecule has 39 heavy (non-hydrogen) atoms. The molecule has 5 rings (SSSR count). The first-order valence-electron chi connectivity index (χ1n) is 13.8. The molecule has 0 aliphatic carbocycles. The normalized spacial score (nSPS) is 18.6. The first-order valence-corrected chi connectivity index (χ1v) is 13.8. The van der Waals surface area contributed by atoms with Crippen molar-refractivity contribution in [2.75, 3.05) is 61.4 Å². The number of aromatic nitrogens is 4. The van der Waals surface area contributed by atoms with E-state index in [0.717, 1.165) is 68.3 Å². The van der Waals surface area contributed by atoms with Gasteiger partial charge in [0, 0.05) is 57.6 Å². The van der Waals surface area contributed by atoms with Crippen molar-refractivity contribution in [2.24, 2.45) is 0 Å². The fourth-order valence-corrected chi connectivity index (χ4v) is 4.99. The molecule has 5 heterocycles. The zero-order valence-corrected chi connectivity index (χ0v) is 23.4. The van der Waals surface area contributed by atoms with Gasteiger partial charge in [0.2, 0.25) is 0 Å². The number of carbonyl (C=O) groups excluding carboxylic acids is 1. The van der Waals surface area contributed by atoms with Crippen molar-refractivity contribution in [2.45, 2.75) is 45.1 Å². The van der Waals surface area contributed by atoms with Crippen LogP contribution in [0.2, 0.25) is 0 Å². The van der Waals surface area contributed by atoms with E-state index in [9.17, 15) is 4.79 Å². The zero-order chi connectivity index (χ0) is 27.4. The predicted octanol–water partition coefficient (Wildman–Crippen LogP) is 3.46. The molecule has 2 N–H and O–H groups in total. The lowest BCUT2D eigenvalue weighted by atomic mass is 9.88. The molecular weight excluding hydrogens is 490 g/mol. The van der Waals surface area contributed by atoms with Crippen LogP contribution >= 0.6 is 0 Å². The largest absolute Gasteiger partial charge is 0.368 e. The molecule has 206 valence electrons. The summed E-state index contributed by atoms with van der Waals surface area (Å²) in [5, 5.41) is 14.9. The highest BCUT2D eigenvalue weighted by Gasteiger charge is 2.24. The number of hydrogen-bond donors (Lipinski definition) is 2. The van der Waals surface area contributed by atoms with E-state index >= 15 is 0 Å². The molecule has 2 aliphatic heterocycles. The number of piperidine rings is 1. The summed E-state index contributed by atoms with van der Waals surface area (Å²) in [5.74, 6) is 1.23. The third-order valence-corrected chi connectivity index (χ3v) is 7.50. The van der Waals surface area contributed by atoms with Gasteiger partial charge >= 0.3 is 0 Å². The van der Waals surface area contributed by atoms with Gasteiger partial charge in [-0.2, -0.15) is 5.10 Å². The minimum absolute atomic E-state index is 0.00227. The number of carbonyl (C=O) groups is 1. The number of rotatable bonds is 6. The molecular formula is C29H39N9O. The maximum atomic E-state index is 12.9. The van der Waals surface area contributed by atoms with E-state index in [1.54, 1.807) is 12.4 Å². The van der Waals surface area contributed by atoms with Gasteiger partial charge < -0.3 is 25.3 Å². The molecule has 10 heteroatoms. The number of likely N-dealkylation sites (N-methyl/N-ethyl adjacent to an activating group) is 1. The minimum Gasteiger partial charge on any atom is -0.368 e. The molecule has 0 radical (unpaired) electrons. The van der Waals surface area contributed by atoms with Crippen LogP contribution in [0.4, 0.5) is 23.0 Å². The van der Waals surface area contributed by atoms with Gasteiger partial charge in [-0.1, -0.05) is 26.8 Å². The Bertz CT molecular complexity index is 1250. The van der Waals surface area contributed by atoms with E-state index in [1.165, 1.54) is 0 Å². The van der Waals surface area contributed by atoms with Crippen LogP contribution in [-0.2, 0) is 5.41 Å². The first kappa shape index (κ1) is 26.8. The van der Waals surface area contributed by atoms with E-state index < -0.39 is 0 Å². The second kappa shape index (κ2) is 11.5. The first-order chi connectivity index (χ1) is 18.7. The quantitative estimate of drug-likeness (QED) is 0.497. The second-order valence-corrected chi connectivity index (χ2v) is 11.6. The van der Waals surface area contributed by atoms with Crippen molar-refractivity contribution < 1.29 is 4.79 Å². The van der Waals surface area contributed by atoms with E-state index in [-0.39, 0.29) is 17.4 Å². The van der Waals surface area contributed by atoms with Crippen LogP contribution in [-0.4, -0.2) is 83.3 Å². The summed E-state index contributed by atoms with van der Waals surface area (Å²) in [6.07, 6.45) is 7.38. The molecule has 2 saturated heterocycles. The average molecular weight is 530 g/mol. The molecule has 10 nitrogen and oxygen atoms in total. The summed E-state index contributed by atoms with van der Waals surface area (Å²) >= 11 is 0. The minimum atomic E-state index is -0.136. The second-order valence-electron chi connectivity index (χ2n) is 11.6. The van der Waals surface area contributed by atoms with Gasteiger partial charge in [0.25, 0.3) is 5.91 Å². The summed E-state index contributed by atoms with van der Waals surface area (Å²) in [6.45, 7) is 12.1. The maximum absolute atomic E-state index is 12.9. The molecule has 1 atom stereocenters. The molecule has 1 amide bonds. The van der Waals surface area contributed by atoms with Gasteiger partial charge in [-0.3, -0.25) is 9.78 Å². The summed E-state index contributed by atoms with van der Waals surface area (Å²) in [6, 6.07) is 9.90. The number of anilines is 4. The fraction of sp³-hybridized carbons (Fsp3) is 0.483. The van der Waals surface area contributed by atoms with Crippen molar-refractivity contribution in [3.8, 4) is 0 Å². The van der Waals surface area contributed by atoms with Crippen molar-refractivity contribution in [1.29, 1.82) is 0 Å². The summed E-state index contributed by atoms with van der Waals surface area (Å²) < 4.78 is 0. The van der Waals surface area contributed by atoms with Crippen molar-refractivity contribution in [1.82, 2.24) is 30.4 Å². The van der Waals surface area contributed by atoms with Crippen LogP contribution in [0.5, 0.6) is 0 Å². The number of piperazine rings is 1. The zero-order valence-electron chi connectivity index (χ0n) is 23.4. The van der Waals surface area contributed by atoms with Crippen LogP contribution in [0.25, 0.3) is 0 Å². The Morgan fingerprint density at radius 1 is 0.897 bits per heavy atom. The number of pyridine rings is 2. The van der Waals surface area contributed by atoms with Crippen molar-refractivity contribution in [3.63, 3.8) is 0 Å². The van der Waals surface area contributed by atoms with E-state index in [4.69, 9.17) is 0 Å². The van der Waals surface area contributed by atoms with Gasteiger partial charge in [0.05, 0.1) is 23.8 Å². The number of nitrogens with zero attached hydrogens (tertiary/aromatic N) is 7. The molecule has 0 bridgehead atoms. The highest BCUT2D eigenvalue weighted by atomic mass is 16.1. The lowest BCUT2D eigenvalue weighted by Gasteiger charge is -2.34. The van der Waals surface area contributed by atoms with E-state index in [1.807, 2.05) is 30.5 Å². The van der Waals surface area contributed by atoms with Crippen molar-refractivity contribution in [3.05, 3.63) is 60.2 Å². The Morgan fingerprint density at radius 2 is 1.72 bits per heavy atom. The molecule has 0 aromatic carbocycles. The summed E-state index contributed by atoms with van der Waals surface area (Å²) in [7, 11) is 2.15. The Hall–Kier alpha value is -3.79. The van der Waals surface area contributed by atoms with E-state index in [2.05, 4.69) is 79.4 Å². The lowest BCUT2D eigenvalue weighted by Crippen LogP contribution is -2.48. The van der Waals surface area contributed by atoms with Gasteiger partial charge in [-0.25, -0.2) is 4.98 Å². The Kier molecular flexibility index (Phi) is 7.92. The van der Waals surface area contributed by atoms with Crippen molar-refractivity contribution >= 4 is 28.9 Å². The molecule has 0 spiro atoms. The highest BCUT2D eigenvalue weighted by Crippen LogP contribution is 2.24. The van der Waals surface area contributed by atoms with Gasteiger partial charge in [0.15, 0.2) is 5.82 Å².